The first-order valence-electron chi connectivity index (χ1n) is 14.1. The minimum atomic E-state index is -0.678. The van der Waals surface area contributed by atoms with Crippen LogP contribution in [0, 0.1) is 45.8 Å². The van der Waals surface area contributed by atoms with Crippen molar-refractivity contribution in [2.75, 3.05) is 13.2 Å². The second-order valence-electron chi connectivity index (χ2n) is 12.3. The Kier molecular flexibility index (Phi) is 7.56. The third kappa shape index (κ3) is 4.07. The maximum Gasteiger partial charge on any atom is 0.316 e. The number of ketones is 2. The topological polar surface area (TPSA) is 86.7 Å². The van der Waals surface area contributed by atoms with E-state index in [1.165, 1.54) is 0 Å². The van der Waals surface area contributed by atoms with Gasteiger partial charge in [-0.1, -0.05) is 19.9 Å². The highest BCUT2D eigenvalue weighted by Crippen LogP contribution is 2.69. The van der Waals surface area contributed by atoms with Gasteiger partial charge in [0.25, 0.3) is 0 Å². The lowest BCUT2D eigenvalue weighted by molar-refractivity contribution is -0.176. The molecular weight excluding hydrogens is 456 g/mol. The van der Waals surface area contributed by atoms with Crippen LogP contribution >= 0.6 is 0 Å². The smallest absolute Gasteiger partial charge is 0.316 e. The number of ether oxygens (including phenoxy) is 2. The fourth-order valence-electron chi connectivity index (χ4n) is 9.08. The van der Waals surface area contributed by atoms with Crippen LogP contribution in [0.25, 0.3) is 0 Å². The molecule has 0 bridgehead atoms. The van der Waals surface area contributed by atoms with Crippen LogP contribution in [0.3, 0.4) is 0 Å². The number of esters is 2. The van der Waals surface area contributed by atoms with E-state index in [-0.39, 0.29) is 46.9 Å². The van der Waals surface area contributed by atoms with Gasteiger partial charge in [0, 0.05) is 11.8 Å². The van der Waals surface area contributed by atoms with Crippen LogP contribution in [0.1, 0.15) is 91.9 Å². The number of allylic oxidation sites excluding steroid dienone is 1. The quantitative estimate of drug-likeness (QED) is 0.273. The summed E-state index contributed by atoms with van der Waals surface area (Å²) in [7, 11) is 0. The Hall–Kier alpha value is -1.98. The Morgan fingerprint density at radius 1 is 0.889 bits per heavy atom. The minimum absolute atomic E-state index is 0.0169. The van der Waals surface area contributed by atoms with Crippen molar-refractivity contribution in [2.45, 2.75) is 91.9 Å². The summed E-state index contributed by atoms with van der Waals surface area (Å²) in [5.74, 6) is -0.965. The van der Waals surface area contributed by atoms with Crippen molar-refractivity contribution < 1.29 is 28.7 Å². The number of fused-ring (bicyclic) bond motifs is 5. The van der Waals surface area contributed by atoms with Crippen molar-refractivity contribution in [3.63, 3.8) is 0 Å². The van der Waals surface area contributed by atoms with Crippen LogP contribution in [-0.2, 0) is 28.7 Å². The number of Topliss-reactive ketones (excluding diaryl/α,β-unsaturated/α-hetero) is 2. The maximum absolute atomic E-state index is 13.7. The average Bonchev–Trinajstić information content (AvgIpc) is 2.94. The molecule has 6 nitrogen and oxygen atoms in total. The molecule has 8 atom stereocenters. The summed E-state index contributed by atoms with van der Waals surface area (Å²) in [6, 6.07) is 0. The Morgan fingerprint density at radius 3 is 2.19 bits per heavy atom. The maximum atomic E-state index is 13.7. The molecule has 0 aliphatic heterocycles. The molecule has 4 aliphatic carbocycles. The van der Waals surface area contributed by atoms with Gasteiger partial charge >= 0.3 is 11.9 Å². The molecule has 5 unspecified atom stereocenters. The van der Waals surface area contributed by atoms with E-state index in [4.69, 9.17) is 9.47 Å². The third-order valence-corrected chi connectivity index (χ3v) is 11.0. The van der Waals surface area contributed by atoms with E-state index in [9.17, 15) is 19.2 Å². The Balaban J connectivity index is 1.65. The summed E-state index contributed by atoms with van der Waals surface area (Å²) in [5, 5.41) is 0. The van der Waals surface area contributed by atoms with Gasteiger partial charge in [0.05, 0.1) is 13.2 Å². The number of carbonyl (C=O) groups excluding carboxylic acids is 4. The molecule has 0 aromatic carbocycles. The van der Waals surface area contributed by atoms with E-state index < -0.39 is 17.3 Å². The summed E-state index contributed by atoms with van der Waals surface area (Å²) in [6.45, 7) is 12.6. The van der Waals surface area contributed by atoms with Gasteiger partial charge in [0.1, 0.15) is 17.6 Å². The van der Waals surface area contributed by atoms with Gasteiger partial charge in [0.2, 0.25) is 0 Å². The fraction of sp³-hybridized carbons (Fsp3) is 0.800. The summed E-state index contributed by atoms with van der Waals surface area (Å²) in [6.07, 6.45) is 9.44. The van der Waals surface area contributed by atoms with E-state index in [2.05, 4.69) is 20.4 Å². The molecule has 4 fully saturated rings. The number of hydrogen-bond acceptors (Lipinski definition) is 6. The average molecular weight is 501 g/mol. The van der Waals surface area contributed by atoms with E-state index >= 15 is 0 Å². The lowest BCUT2D eigenvalue weighted by Gasteiger charge is -2.64. The number of carbonyl (C=O) groups is 4. The third-order valence-electron chi connectivity index (χ3n) is 11.0. The lowest BCUT2D eigenvalue weighted by atomic mass is 9.39. The van der Waals surface area contributed by atoms with Crippen molar-refractivity contribution in [1.82, 2.24) is 0 Å². The number of hydrogen-bond donors (Lipinski definition) is 0. The molecule has 4 saturated carbocycles. The van der Waals surface area contributed by atoms with Crippen LogP contribution in [0.15, 0.2) is 12.7 Å². The van der Waals surface area contributed by atoms with Gasteiger partial charge in [-0.25, -0.2) is 0 Å². The lowest BCUT2D eigenvalue weighted by Crippen LogP contribution is -2.60. The highest BCUT2D eigenvalue weighted by Gasteiger charge is 2.65. The standard InChI is InChI=1S/C30H44O6/c1-6-14-30-17-12-19-22-10-9-21(27(34)36-8-3)25(32)28(22,4)15-13-23(19)29(30,5)16-11-20(24(31)18-30)26(33)35-7-2/h6,19-23H,1,7-18H2,2-5H3/t19-,20?,21?,22?,23?,28-,29+,30?/m0/s1. The summed E-state index contributed by atoms with van der Waals surface area (Å²) in [5.41, 5.74) is -0.836. The van der Waals surface area contributed by atoms with Gasteiger partial charge < -0.3 is 9.47 Å². The highest BCUT2D eigenvalue weighted by atomic mass is 16.5. The number of rotatable bonds is 6. The molecule has 0 heterocycles. The molecule has 0 spiro atoms. The normalized spacial score (nSPS) is 42.3. The Morgan fingerprint density at radius 2 is 1.56 bits per heavy atom. The Bertz CT molecular complexity index is 924. The van der Waals surface area contributed by atoms with Gasteiger partial charge in [-0.3, -0.25) is 19.2 Å². The van der Waals surface area contributed by atoms with Crippen molar-refractivity contribution in [2.24, 2.45) is 45.8 Å². The molecule has 0 N–H and O–H groups in total. The highest BCUT2D eigenvalue weighted by molar-refractivity contribution is 6.02. The van der Waals surface area contributed by atoms with Gasteiger partial charge in [-0.2, -0.15) is 0 Å². The van der Waals surface area contributed by atoms with Crippen molar-refractivity contribution in [1.29, 1.82) is 0 Å². The molecule has 0 aromatic heterocycles. The fourth-order valence-corrected chi connectivity index (χ4v) is 9.08. The Labute approximate surface area is 215 Å². The summed E-state index contributed by atoms with van der Waals surface area (Å²) in [4.78, 5) is 52.3. The van der Waals surface area contributed by atoms with Crippen molar-refractivity contribution in [3.05, 3.63) is 12.7 Å². The molecule has 0 saturated heterocycles. The largest absolute Gasteiger partial charge is 0.465 e. The summed E-state index contributed by atoms with van der Waals surface area (Å²) < 4.78 is 10.5. The van der Waals surface area contributed by atoms with E-state index in [0.717, 1.165) is 44.9 Å². The molecule has 0 aromatic rings. The molecule has 36 heavy (non-hydrogen) atoms. The molecule has 4 aliphatic rings. The van der Waals surface area contributed by atoms with Gasteiger partial charge in [0.15, 0.2) is 5.78 Å². The first-order valence-corrected chi connectivity index (χ1v) is 14.1. The zero-order chi connectivity index (χ0) is 26.3. The molecule has 4 rings (SSSR count). The summed E-state index contributed by atoms with van der Waals surface area (Å²) >= 11 is 0. The second-order valence-corrected chi connectivity index (χ2v) is 12.3. The van der Waals surface area contributed by atoms with Crippen molar-refractivity contribution >= 4 is 23.5 Å². The predicted molar refractivity (Wildman–Crippen MR) is 136 cm³/mol. The zero-order valence-corrected chi connectivity index (χ0v) is 22.6. The van der Waals surface area contributed by atoms with Crippen LogP contribution in [0.2, 0.25) is 0 Å². The van der Waals surface area contributed by atoms with Crippen LogP contribution < -0.4 is 0 Å². The molecule has 200 valence electrons. The monoisotopic (exact) mass is 500 g/mol. The molecule has 0 amide bonds. The minimum Gasteiger partial charge on any atom is -0.465 e. The van der Waals surface area contributed by atoms with Gasteiger partial charge in [-0.15, -0.1) is 6.58 Å². The van der Waals surface area contributed by atoms with Crippen LogP contribution in [0.5, 0.6) is 0 Å². The second kappa shape index (κ2) is 10.1. The van der Waals surface area contributed by atoms with Crippen molar-refractivity contribution in [3.8, 4) is 0 Å². The molecule has 0 radical (unpaired) electrons. The van der Waals surface area contributed by atoms with Gasteiger partial charge in [-0.05, 0) is 100 Å². The molecule has 6 heteroatoms. The predicted octanol–water partition coefficient (Wildman–Crippen LogP) is 5.47. The van der Waals surface area contributed by atoms with E-state index in [0.29, 0.717) is 37.7 Å². The van der Waals surface area contributed by atoms with Crippen LogP contribution in [-0.4, -0.2) is 36.7 Å². The SMILES string of the molecule is C=CCC12CC[C@H]3C4CCC(C(=O)OCC)C(=O)[C@@]4(C)CCC3[C@@]1(C)CCC(C(=O)OCC)C(=O)C2. The zero-order valence-electron chi connectivity index (χ0n) is 22.6. The first-order chi connectivity index (χ1) is 17.1. The first kappa shape index (κ1) is 27.1. The van der Waals surface area contributed by atoms with E-state index in [1.807, 2.05) is 6.08 Å². The van der Waals surface area contributed by atoms with E-state index in [1.54, 1.807) is 13.8 Å². The van der Waals surface area contributed by atoms with Crippen LogP contribution in [0.4, 0.5) is 0 Å². The molecular formula is C30H44O6.